The van der Waals surface area contributed by atoms with E-state index in [2.05, 4.69) is 29.5 Å². The van der Waals surface area contributed by atoms with Gasteiger partial charge in [0.2, 0.25) is 0 Å². The number of carbonyl (C=O) groups excluding carboxylic acids is 1. The molecule has 0 aliphatic heterocycles. The molecule has 19 heavy (non-hydrogen) atoms. The number of pyridine rings is 1. The summed E-state index contributed by atoms with van der Waals surface area (Å²) >= 11 is 0. The Hall–Kier alpha value is -1.62. The Bertz CT molecular complexity index is 390. The first-order valence-electron chi connectivity index (χ1n) is 6.54. The molecule has 2 N–H and O–H groups in total. The molecule has 1 atom stereocenters. The summed E-state index contributed by atoms with van der Waals surface area (Å²) in [5.74, 6) is 0.902. The molecule has 1 rings (SSSR count). The normalized spacial score (nSPS) is 12.3. The predicted octanol–water partition coefficient (Wildman–Crippen LogP) is 1.34. The number of hydrogen-bond acceptors (Lipinski definition) is 4. The van der Waals surface area contributed by atoms with Crippen molar-refractivity contribution in [3.8, 4) is 5.75 Å². The topological polar surface area (TPSA) is 63.2 Å². The van der Waals surface area contributed by atoms with Crippen LogP contribution in [0.15, 0.2) is 18.3 Å². The van der Waals surface area contributed by atoms with Crippen molar-refractivity contribution in [1.29, 1.82) is 0 Å². The molecular weight excluding hydrogens is 242 g/mol. The van der Waals surface area contributed by atoms with Crippen LogP contribution in [-0.4, -0.2) is 30.6 Å². The van der Waals surface area contributed by atoms with Crippen molar-refractivity contribution in [2.45, 2.75) is 33.4 Å². The summed E-state index contributed by atoms with van der Waals surface area (Å²) in [4.78, 5) is 15.9. The van der Waals surface area contributed by atoms with Crippen molar-refractivity contribution in [2.24, 2.45) is 5.92 Å². The first-order valence-corrected chi connectivity index (χ1v) is 6.54. The van der Waals surface area contributed by atoms with Gasteiger partial charge in [-0.3, -0.25) is 9.78 Å². The Morgan fingerprint density at radius 1 is 1.37 bits per heavy atom. The van der Waals surface area contributed by atoms with Gasteiger partial charge in [-0.25, -0.2) is 0 Å². The molecule has 5 nitrogen and oxygen atoms in total. The lowest BCUT2D eigenvalue weighted by Gasteiger charge is -2.17. The number of nitrogens with zero attached hydrogens (tertiary/aromatic N) is 1. The van der Waals surface area contributed by atoms with Crippen molar-refractivity contribution < 1.29 is 9.53 Å². The van der Waals surface area contributed by atoms with Crippen molar-refractivity contribution >= 4 is 5.91 Å². The third-order valence-electron chi connectivity index (χ3n) is 2.91. The summed E-state index contributed by atoms with van der Waals surface area (Å²) in [5.41, 5.74) is 0.938. The van der Waals surface area contributed by atoms with Crippen LogP contribution in [0.3, 0.4) is 0 Å². The Morgan fingerprint density at radius 2 is 2.11 bits per heavy atom. The Morgan fingerprint density at radius 3 is 2.63 bits per heavy atom. The van der Waals surface area contributed by atoms with E-state index in [1.165, 1.54) is 0 Å². The van der Waals surface area contributed by atoms with E-state index < -0.39 is 0 Å². The number of carbonyl (C=O) groups is 1. The molecule has 1 unspecified atom stereocenters. The van der Waals surface area contributed by atoms with Crippen LogP contribution >= 0.6 is 0 Å². The Balaban J connectivity index is 2.37. The van der Waals surface area contributed by atoms with Gasteiger partial charge >= 0.3 is 0 Å². The van der Waals surface area contributed by atoms with Crippen molar-refractivity contribution in [3.05, 3.63) is 24.0 Å². The zero-order valence-corrected chi connectivity index (χ0v) is 12.1. The van der Waals surface area contributed by atoms with Crippen LogP contribution in [0, 0.1) is 5.92 Å². The molecule has 0 aliphatic carbocycles. The van der Waals surface area contributed by atoms with Crippen LogP contribution in [0.1, 0.15) is 26.5 Å². The Kier molecular flexibility index (Phi) is 6.29. The van der Waals surface area contributed by atoms with Gasteiger partial charge in [0.05, 0.1) is 11.9 Å². The minimum absolute atomic E-state index is 0.0180. The minimum atomic E-state index is -0.111. The van der Waals surface area contributed by atoms with Gasteiger partial charge in [0, 0.05) is 12.6 Å². The number of hydrogen-bond donors (Lipinski definition) is 2. The fourth-order valence-electron chi connectivity index (χ4n) is 1.39. The van der Waals surface area contributed by atoms with Crippen LogP contribution in [-0.2, 0) is 11.3 Å². The molecule has 0 saturated heterocycles. The van der Waals surface area contributed by atoms with Gasteiger partial charge in [-0.2, -0.15) is 0 Å². The third kappa shape index (κ3) is 5.70. The smallest absolute Gasteiger partial charge is 0.258 e. The van der Waals surface area contributed by atoms with Gasteiger partial charge in [-0.15, -0.1) is 0 Å². The quantitative estimate of drug-likeness (QED) is 0.781. The van der Waals surface area contributed by atoms with Gasteiger partial charge in [0.15, 0.2) is 6.61 Å². The SMILES string of the molecule is CNCc1ccc(OCC(=O)NC(C)C(C)C)cn1. The number of ether oxygens (including phenoxy) is 1. The van der Waals surface area contributed by atoms with Crippen LogP contribution in [0.4, 0.5) is 0 Å². The zero-order chi connectivity index (χ0) is 14.3. The Labute approximate surface area is 114 Å². The molecule has 1 aromatic heterocycles. The number of amides is 1. The molecule has 5 heteroatoms. The van der Waals surface area contributed by atoms with E-state index in [-0.39, 0.29) is 18.6 Å². The molecule has 0 radical (unpaired) electrons. The zero-order valence-electron chi connectivity index (χ0n) is 12.1. The second kappa shape index (κ2) is 7.74. The maximum absolute atomic E-state index is 11.6. The number of rotatable bonds is 7. The average Bonchev–Trinajstić information content (AvgIpc) is 2.38. The second-order valence-electron chi connectivity index (χ2n) is 4.90. The molecule has 1 amide bonds. The fourth-order valence-corrected chi connectivity index (χ4v) is 1.39. The molecule has 0 bridgehead atoms. The van der Waals surface area contributed by atoms with E-state index in [0.29, 0.717) is 18.2 Å². The number of nitrogens with one attached hydrogen (secondary N) is 2. The highest BCUT2D eigenvalue weighted by Crippen LogP contribution is 2.09. The van der Waals surface area contributed by atoms with E-state index >= 15 is 0 Å². The summed E-state index contributed by atoms with van der Waals surface area (Å²) in [6.45, 7) is 6.85. The molecule has 0 aromatic carbocycles. The van der Waals surface area contributed by atoms with Crippen LogP contribution in [0.25, 0.3) is 0 Å². The molecular formula is C14H23N3O2. The van der Waals surface area contributed by atoms with Crippen LogP contribution < -0.4 is 15.4 Å². The van der Waals surface area contributed by atoms with E-state index in [9.17, 15) is 4.79 Å². The molecule has 0 aliphatic rings. The highest BCUT2D eigenvalue weighted by atomic mass is 16.5. The van der Waals surface area contributed by atoms with Crippen LogP contribution in [0.2, 0.25) is 0 Å². The monoisotopic (exact) mass is 265 g/mol. The van der Waals surface area contributed by atoms with Gasteiger partial charge < -0.3 is 15.4 Å². The number of aromatic nitrogens is 1. The summed E-state index contributed by atoms with van der Waals surface area (Å²) < 4.78 is 5.39. The van der Waals surface area contributed by atoms with Crippen molar-refractivity contribution in [2.75, 3.05) is 13.7 Å². The summed E-state index contributed by atoms with van der Waals surface area (Å²) in [5, 5.41) is 5.91. The van der Waals surface area contributed by atoms with Crippen molar-refractivity contribution in [3.63, 3.8) is 0 Å². The molecule has 0 spiro atoms. The largest absolute Gasteiger partial charge is 0.482 e. The van der Waals surface area contributed by atoms with E-state index in [1.54, 1.807) is 6.20 Å². The molecule has 0 fully saturated rings. The first kappa shape index (κ1) is 15.4. The predicted molar refractivity (Wildman–Crippen MR) is 74.9 cm³/mol. The third-order valence-corrected chi connectivity index (χ3v) is 2.91. The van der Waals surface area contributed by atoms with Crippen LogP contribution in [0.5, 0.6) is 5.75 Å². The fraction of sp³-hybridized carbons (Fsp3) is 0.571. The van der Waals surface area contributed by atoms with E-state index in [1.807, 2.05) is 26.1 Å². The van der Waals surface area contributed by atoms with Gasteiger partial charge in [0.1, 0.15) is 5.75 Å². The standard InChI is InChI=1S/C14H23N3O2/c1-10(2)11(3)17-14(18)9-19-13-6-5-12(7-15-4)16-8-13/h5-6,8,10-11,15H,7,9H2,1-4H3,(H,17,18). The van der Waals surface area contributed by atoms with E-state index in [4.69, 9.17) is 4.74 Å². The lowest BCUT2D eigenvalue weighted by atomic mass is 10.1. The molecule has 1 heterocycles. The maximum atomic E-state index is 11.6. The first-order chi connectivity index (χ1) is 9.02. The summed E-state index contributed by atoms with van der Waals surface area (Å²) in [7, 11) is 1.87. The van der Waals surface area contributed by atoms with Gasteiger partial charge in [0.25, 0.3) is 5.91 Å². The lowest BCUT2D eigenvalue weighted by Crippen LogP contribution is -2.38. The average molecular weight is 265 g/mol. The van der Waals surface area contributed by atoms with Crippen molar-refractivity contribution in [1.82, 2.24) is 15.6 Å². The van der Waals surface area contributed by atoms with Gasteiger partial charge in [-0.1, -0.05) is 13.8 Å². The van der Waals surface area contributed by atoms with E-state index in [0.717, 1.165) is 5.69 Å². The highest BCUT2D eigenvalue weighted by Gasteiger charge is 2.11. The minimum Gasteiger partial charge on any atom is -0.482 e. The second-order valence-corrected chi connectivity index (χ2v) is 4.90. The summed E-state index contributed by atoms with van der Waals surface area (Å²) in [6, 6.07) is 3.84. The molecule has 0 saturated carbocycles. The molecule has 1 aromatic rings. The summed E-state index contributed by atoms with van der Waals surface area (Å²) in [6.07, 6.45) is 1.63. The highest BCUT2D eigenvalue weighted by molar-refractivity contribution is 5.77. The van der Waals surface area contributed by atoms with Gasteiger partial charge in [-0.05, 0) is 32.0 Å². The molecule has 106 valence electrons. The maximum Gasteiger partial charge on any atom is 0.258 e. The lowest BCUT2D eigenvalue weighted by molar-refractivity contribution is -0.124.